The van der Waals surface area contributed by atoms with Crippen LogP contribution in [0.2, 0.25) is 0 Å². The van der Waals surface area contributed by atoms with Gasteiger partial charge in [0.25, 0.3) is 0 Å². The van der Waals surface area contributed by atoms with Crippen LogP contribution in [-0.4, -0.2) is 23.9 Å². The summed E-state index contributed by atoms with van der Waals surface area (Å²) in [6, 6.07) is 17.7. The molecule has 0 aliphatic rings. The van der Waals surface area contributed by atoms with Gasteiger partial charge in [0.15, 0.2) is 0 Å². The molecule has 2 aromatic carbocycles. The lowest BCUT2D eigenvalue weighted by Gasteiger charge is -2.09. The predicted octanol–water partition coefficient (Wildman–Crippen LogP) is 5.24. The molecule has 26 heavy (non-hydrogen) atoms. The predicted molar refractivity (Wildman–Crippen MR) is 113 cm³/mol. The third-order valence-corrected chi connectivity index (χ3v) is 4.93. The van der Waals surface area contributed by atoms with E-state index < -0.39 is 0 Å². The molecule has 0 bridgehead atoms. The van der Waals surface area contributed by atoms with E-state index in [9.17, 15) is 4.79 Å². The molecule has 1 heterocycles. The molecule has 1 aromatic heterocycles. The summed E-state index contributed by atoms with van der Waals surface area (Å²) in [6.07, 6.45) is 1.80. The molecule has 0 unspecified atom stereocenters. The number of ether oxygens (including phenoxy) is 1. The summed E-state index contributed by atoms with van der Waals surface area (Å²) in [4.78, 5) is 16.4. The molecule has 0 N–H and O–H groups in total. The Bertz CT molecular complexity index is 972. The van der Waals surface area contributed by atoms with Gasteiger partial charge in [0.1, 0.15) is 0 Å². The van der Waals surface area contributed by atoms with Crippen molar-refractivity contribution in [3.8, 4) is 5.69 Å². The highest BCUT2D eigenvalue weighted by molar-refractivity contribution is 14.1. The molecular formula is C21H19IN2O2. The van der Waals surface area contributed by atoms with Crippen molar-refractivity contribution in [2.45, 2.75) is 13.8 Å². The molecule has 0 fully saturated rings. The summed E-state index contributed by atoms with van der Waals surface area (Å²) in [5.41, 5.74) is 5.42. The highest BCUT2D eigenvalue weighted by Crippen LogP contribution is 2.23. The first kappa shape index (κ1) is 18.4. The van der Waals surface area contributed by atoms with Crippen molar-refractivity contribution in [3.63, 3.8) is 0 Å². The zero-order valence-corrected chi connectivity index (χ0v) is 17.0. The Balaban J connectivity index is 1.97. The van der Waals surface area contributed by atoms with Gasteiger partial charge in [-0.2, -0.15) is 0 Å². The van der Waals surface area contributed by atoms with Gasteiger partial charge in [0.2, 0.25) is 0 Å². The monoisotopic (exact) mass is 458 g/mol. The Morgan fingerprint density at radius 3 is 2.50 bits per heavy atom. The number of aryl methyl sites for hydroxylation is 1. The molecule has 0 saturated heterocycles. The lowest BCUT2D eigenvalue weighted by atomic mass is 10.2. The number of methoxy groups -OCH3 is 1. The topological polar surface area (TPSA) is 43.6 Å². The summed E-state index contributed by atoms with van der Waals surface area (Å²) in [5, 5.41) is 0. The molecule has 5 heteroatoms. The van der Waals surface area contributed by atoms with E-state index in [1.165, 1.54) is 10.7 Å². The highest BCUT2D eigenvalue weighted by atomic mass is 127. The number of benzene rings is 2. The molecule has 3 rings (SSSR count). The molecule has 3 aromatic rings. The summed E-state index contributed by atoms with van der Waals surface area (Å²) in [7, 11) is 1.37. The second kappa shape index (κ2) is 7.86. The number of para-hydroxylation sites is 1. The molecule has 0 radical (unpaired) electrons. The van der Waals surface area contributed by atoms with Gasteiger partial charge < -0.3 is 9.30 Å². The summed E-state index contributed by atoms with van der Waals surface area (Å²) < 4.78 is 8.23. The molecule has 0 saturated carbocycles. The van der Waals surface area contributed by atoms with E-state index in [1.54, 1.807) is 24.4 Å². The first-order valence-electron chi connectivity index (χ1n) is 8.17. The Labute approximate surface area is 166 Å². The number of nitrogens with zero attached hydrogens (tertiary/aromatic N) is 2. The van der Waals surface area contributed by atoms with Crippen LogP contribution in [0.3, 0.4) is 0 Å². The number of aliphatic imine (C=N–C) groups is 1. The van der Waals surface area contributed by atoms with Gasteiger partial charge in [-0.3, -0.25) is 4.99 Å². The Morgan fingerprint density at radius 1 is 1.12 bits per heavy atom. The van der Waals surface area contributed by atoms with Crippen LogP contribution in [0, 0.1) is 17.4 Å². The quantitative estimate of drug-likeness (QED) is 0.305. The fraction of sp³-hybridized carbons (Fsp3) is 0.143. The van der Waals surface area contributed by atoms with Crippen molar-refractivity contribution in [2.75, 3.05) is 7.11 Å². The third-order valence-electron chi connectivity index (χ3n) is 4.21. The van der Waals surface area contributed by atoms with Crippen LogP contribution in [0.15, 0.2) is 59.6 Å². The first-order valence-corrected chi connectivity index (χ1v) is 9.25. The minimum absolute atomic E-state index is 0.387. The maximum atomic E-state index is 11.9. The Hall–Kier alpha value is -2.41. The average Bonchev–Trinajstić information content (AvgIpc) is 2.94. The maximum absolute atomic E-state index is 11.9. The summed E-state index contributed by atoms with van der Waals surface area (Å²) >= 11 is 2.30. The smallest absolute Gasteiger partial charge is 0.340 e. The summed E-state index contributed by atoms with van der Waals surface area (Å²) in [5.74, 6) is -0.387. The first-order chi connectivity index (χ1) is 12.5. The van der Waals surface area contributed by atoms with Crippen molar-refractivity contribution in [3.05, 3.63) is 80.7 Å². The third kappa shape index (κ3) is 3.72. The van der Waals surface area contributed by atoms with Crippen LogP contribution in [-0.2, 0) is 4.74 Å². The van der Waals surface area contributed by atoms with E-state index in [2.05, 4.69) is 76.3 Å². The van der Waals surface area contributed by atoms with Crippen LogP contribution < -0.4 is 0 Å². The minimum Gasteiger partial charge on any atom is -0.465 e. The van der Waals surface area contributed by atoms with Crippen LogP contribution in [0.5, 0.6) is 0 Å². The van der Waals surface area contributed by atoms with Gasteiger partial charge in [-0.1, -0.05) is 12.1 Å². The van der Waals surface area contributed by atoms with Crippen molar-refractivity contribution in [1.82, 2.24) is 4.57 Å². The number of hydrogen-bond donors (Lipinski definition) is 0. The molecule has 0 aliphatic carbocycles. The number of rotatable bonds is 4. The number of halogens is 1. The van der Waals surface area contributed by atoms with Gasteiger partial charge >= 0.3 is 5.97 Å². The van der Waals surface area contributed by atoms with Crippen LogP contribution in [0.4, 0.5) is 5.69 Å². The molecule has 0 amide bonds. The Kier molecular flexibility index (Phi) is 5.56. The molecular weight excluding hydrogens is 439 g/mol. The van der Waals surface area contributed by atoms with E-state index in [0.29, 0.717) is 11.3 Å². The number of esters is 1. The lowest BCUT2D eigenvalue weighted by molar-refractivity contribution is 0.0601. The van der Waals surface area contributed by atoms with Crippen LogP contribution in [0.25, 0.3) is 5.69 Å². The van der Waals surface area contributed by atoms with E-state index in [1.807, 2.05) is 6.07 Å². The summed E-state index contributed by atoms with van der Waals surface area (Å²) in [6.45, 7) is 4.14. The van der Waals surface area contributed by atoms with Crippen molar-refractivity contribution < 1.29 is 9.53 Å². The number of hydrogen-bond acceptors (Lipinski definition) is 3. The second-order valence-electron chi connectivity index (χ2n) is 5.91. The van der Waals surface area contributed by atoms with E-state index in [0.717, 1.165) is 22.6 Å². The maximum Gasteiger partial charge on any atom is 0.340 e. The fourth-order valence-electron chi connectivity index (χ4n) is 2.91. The van der Waals surface area contributed by atoms with E-state index in [-0.39, 0.29) is 5.97 Å². The normalized spacial score (nSPS) is 11.1. The molecule has 4 nitrogen and oxygen atoms in total. The van der Waals surface area contributed by atoms with Crippen molar-refractivity contribution in [2.24, 2.45) is 4.99 Å². The van der Waals surface area contributed by atoms with E-state index in [4.69, 9.17) is 4.74 Å². The van der Waals surface area contributed by atoms with Gasteiger partial charge in [-0.25, -0.2) is 4.79 Å². The van der Waals surface area contributed by atoms with Crippen LogP contribution in [0.1, 0.15) is 27.3 Å². The lowest BCUT2D eigenvalue weighted by Crippen LogP contribution is -2.01. The highest BCUT2D eigenvalue weighted by Gasteiger charge is 2.12. The van der Waals surface area contributed by atoms with E-state index >= 15 is 0 Å². The average molecular weight is 458 g/mol. The fourth-order valence-corrected chi connectivity index (χ4v) is 3.27. The van der Waals surface area contributed by atoms with Gasteiger partial charge in [-0.05, 0) is 78.9 Å². The van der Waals surface area contributed by atoms with Gasteiger partial charge in [0, 0.05) is 32.4 Å². The second-order valence-corrected chi connectivity index (χ2v) is 7.15. The molecule has 132 valence electrons. The van der Waals surface area contributed by atoms with Crippen molar-refractivity contribution in [1.29, 1.82) is 0 Å². The van der Waals surface area contributed by atoms with Crippen molar-refractivity contribution >= 4 is 40.5 Å². The standard InChI is InChI=1S/C21H19IN2O2/c1-14-12-16(15(2)24(14)18-10-8-17(22)9-11-18)13-23-20-7-5-4-6-19(20)21(25)26-3/h4-13H,1-3H3. The molecule has 0 atom stereocenters. The zero-order chi connectivity index (χ0) is 18.7. The Morgan fingerprint density at radius 2 is 1.81 bits per heavy atom. The molecule has 0 spiro atoms. The number of carbonyl (C=O) groups excluding carboxylic acids is 1. The number of carbonyl (C=O) groups is 1. The van der Waals surface area contributed by atoms with Gasteiger partial charge in [-0.15, -0.1) is 0 Å². The SMILES string of the molecule is COC(=O)c1ccccc1N=Cc1cc(C)n(-c2ccc(I)cc2)c1C. The van der Waals surface area contributed by atoms with Gasteiger partial charge in [0.05, 0.1) is 18.4 Å². The number of aromatic nitrogens is 1. The largest absolute Gasteiger partial charge is 0.465 e. The zero-order valence-electron chi connectivity index (χ0n) is 14.9. The van der Waals surface area contributed by atoms with Crippen LogP contribution >= 0.6 is 22.6 Å². The minimum atomic E-state index is -0.387. The molecule has 0 aliphatic heterocycles.